The summed E-state index contributed by atoms with van der Waals surface area (Å²) in [5.74, 6) is -1.19. The van der Waals surface area contributed by atoms with E-state index in [2.05, 4.69) is 10.1 Å². The highest BCUT2D eigenvalue weighted by molar-refractivity contribution is 7.90. The van der Waals surface area contributed by atoms with Crippen LogP contribution in [0, 0.1) is 0 Å². The van der Waals surface area contributed by atoms with Gasteiger partial charge in [0.05, 0.1) is 18.4 Å². The Kier molecular flexibility index (Phi) is 5.75. The summed E-state index contributed by atoms with van der Waals surface area (Å²) in [6, 6.07) is 6.24. The van der Waals surface area contributed by atoms with Crippen LogP contribution in [-0.2, 0) is 16.2 Å². The van der Waals surface area contributed by atoms with Crippen LogP contribution in [0.25, 0.3) is 5.69 Å². The number of pyridine rings is 1. The number of alkyl halides is 3. The van der Waals surface area contributed by atoms with Crippen LogP contribution in [0.15, 0.2) is 47.6 Å². The van der Waals surface area contributed by atoms with Gasteiger partial charge in [0.2, 0.25) is 5.88 Å². The minimum atomic E-state index is -4.77. The SMILES string of the molecule is COc1cc(C(C)C)c2c(c1)S(=O)(=O)N(COc1cc(C(F)(F)F)nn1-c1ccncc1)C2=O. The molecule has 4 rings (SSSR count). The second kappa shape index (κ2) is 8.31. The van der Waals surface area contributed by atoms with Crippen molar-refractivity contribution in [3.63, 3.8) is 0 Å². The number of methoxy groups -OCH3 is 1. The van der Waals surface area contributed by atoms with E-state index in [0.717, 1.165) is 4.68 Å². The predicted molar refractivity (Wildman–Crippen MR) is 112 cm³/mol. The Morgan fingerprint density at radius 1 is 1.12 bits per heavy atom. The van der Waals surface area contributed by atoms with Gasteiger partial charge in [-0.1, -0.05) is 13.8 Å². The van der Waals surface area contributed by atoms with Gasteiger partial charge in [-0.15, -0.1) is 0 Å². The Bertz CT molecular complexity index is 1350. The largest absolute Gasteiger partial charge is 0.497 e. The Balaban J connectivity index is 1.72. The maximum Gasteiger partial charge on any atom is 0.435 e. The molecule has 0 saturated heterocycles. The molecule has 1 aromatic carbocycles. The highest BCUT2D eigenvalue weighted by Crippen LogP contribution is 2.39. The summed E-state index contributed by atoms with van der Waals surface area (Å²) in [5.41, 5.74) is -0.596. The van der Waals surface area contributed by atoms with Gasteiger partial charge in [-0.05, 0) is 29.7 Å². The number of halogens is 3. The van der Waals surface area contributed by atoms with Crippen LogP contribution in [0.3, 0.4) is 0 Å². The van der Waals surface area contributed by atoms with Crippen LogP contribution in [0.4, 0.5) is 13.2 Å². The lowest BCUT2D eigenvalue weighted by molar-refractivity contribution is -0.141. The molecule has 1 aliphatic rings. The third kappa shape index (κ3) is 3.95. The molecule has 2 aromatic heterocycles. The first kappa shape index (κ1) is 23.5. The third-order valence-electron chi connectivity index (χ3n) is 5.18. The maximum atomic E-state index is 13.3. The smallest absolute Gasteiger partial charge is 0.435 e. The molecular weight excluding hydrogens is 477 g/mol. The van der Waals surface area contributed by atoms with Crippen LogP contribution in [0.2, 0.25) is 0 Å². The zero-order valence-electron chi connectivity index (χ0n) is 18.2. The number of rotatable bonds is 6. The summed E-state index contributed by atoms with van der Waals surface area (Å²) in [6.45, 7) is 2.73. The fraction of sp³-hybridized carbons (Fsp3) is 0.286. The molecule has 34 heavy (non-hydrogen) atoms. The lowest BCUT2D eigenvalue weighted by atomic mass is 9.96. The van der Waals surface area contributed by atoms with E-state index in [1.807, 2.05) is 0 Å². The monoisotopic (exact) mass is 496 g/mol. The van der Waals surface area contributed by atoms with E-state index >= 15 is 0 Å². The van der Waals surface area contributed by atoms with Crippen LogP contribution in [-0.4, -0.2) is 47.2 Å². The van der Waals surface area contributed by atoms with Crippen molar-refractivity contribution < 1.29 is 35.9 Å². The van der Waals surface area contributed by atoms with E-state index in [1.165, 1.54) is 37.7 Å². The van der Waals surface area contributed by atoms with E-state index in [1.54, 1.807) is 19.9 Å². The van der Waals surface area contributed by atoms with Crippen molar-refractivity contribution in [2.24, 2.45) is 0 Å². The van der Waals surface area contributed by atoms with E-state index in [-0.39, 0.29) is 27.8 Å². The zero-order valence-corrected chi connectivity index (χ0v) is 19.0. The normalized spacial score (nSPS) is 15.0. The van der Waals surface area contributed by atoms with Crippen LogP contribution in [0.5, 0.6) is 11.6 Å². The van der Waals surface area contributed by atoms with Crippen molar-refractivity contribution in [2.75, 3.05) is 13.8 Å². The minimum absolute atomic E-state index is 0.0157. The number of sulfonamides is 1. The third-order valence-corrected chi connectivity index (χ3v) is 6.91. The molecule has 13 heteroatoms. The van der Waals surface area contributed by atoms with Crippen molar-refractivity contribution in [1.29, 1.82) is 0 Å². The summed E-state index contributed by atoms with van der Waals surface area (Å²) in [4.78, 5) is 16.7. The van der Waals surface area contributed by atoms with Gasteiger partial charge in [0, 0.05) is 24.5 Å². The first-order valence-electron chi connectivity index (χ1n) is 9.94. The molecule has 0 atom stereocenters. The van der Waals surface area contributed by atoms with Crippen LogP contribution >= 0.6 is 0 Å². The predicted octanol–water partition coefficient (Wildman–Crippen LogP) is 3.60. The summed E-state index contributed by atoms with van der Waals surface area (Å²) < 4.78 is 78.0. The highest BCUT2D eigenvalue weighted by atomic mass is 32.2. The molecule has 0 N–H and O–H groups in total. The molecule has 3 heterocycles. The van der Waals surface area contributed by atoms with Crippen molar-refractivity contribution in [2.45, 2.75) is 30.8 Å². The Labute approximate surface area is 192 Å². The number of nitrogens with zero attached hydrogens (tertiary/aromatic N) is 4. The second-order valence-electron chi connectivity index (χ2n) is 7.66. The zero-order chi connectivity index (χ0) is 24.8. The van der Waals surface area contributed by atoms with Gasteiger partial charge >= 0.3 is 6.18 Å². The molecule has 0 spiro atoms. The quantitative estimate of drug-likeness (QED) is 0.514. The summed E-state index contributed by atoms with van der Waals surface area (Å²) in [6.07, 6.45) is -2.08. The molecule has 0 unspecified atom stereocenters. The number of carbonyl (C=O) groups excluding carboxylic acids is 1. The number of amides is 1. The molecule has 180 valence electrons. The minimum Gasteiger partial charge on any atom is -0.497 e. The highest BCUT2D eigenvalue weighted by Gasteiger charge is 2.44. The Morgan fingerprint density at radius 3 is 2.38 bits per heavy atom. The summed E-state index contributed by atoms with van der Waals surface area (Å²) >= 11 is 0. The first-order chi connectivity index (χ1) is 15.9. The number of fused-ring (bicyclic) bond motifs is 1. The molecule has 0 aliphatic carbocycles. The number of hydrogen-bond donors (Lipinski definition) is 0. The topological polar surface area (TPSA) is 104 Å². The number of carbonyl (C=O) groups is 1. The molecule has 1 amide bonds. The van der Waals surface area contributed by atoms with Gasteiger partial charge in [0.1, 0.15) is 10.6 Å². The number of ether oxygens (including phenoxy) is 2. The first-order valence-corrected chi connectivity index (χ1v) is 11.4. The van der Waals surface area contributed by atoms with Crippen molar-refractivity contribution in [1.82, 2.24) is 19.1 Å². The van der Waals surface area contributed by atoms with Gasteiger partial charge in [-0.2, -0.15) is 22.6 Å². The van der Waals surface area contributed by atoms with E-state index < -0.39 is 40.4 Å². The fourth-order valence-corrected chi connectivity index (χ4v) is 4.96. The van der Waals surface area contributed by atoms with Crippen LogP contribution < -0.4 is 9.47 Å². The maximum absolute atomic E-state index is 13.3. The molecule has 0 saturated carbocycles. The van der Waals surface area contributed by atoms with Gasteiger partial charge in [0.15, 0.2) is 12.4 Å². The average Bonchev–Trinajstić information content (AvgIpc) is 3.30. The lowest BCUT2D eigenvalue weighted by Crippen LogP contribution is -2.34. The summed E-state index contributed by atoms with van der Waals surface area (Å²) in [7, 11) is -2.97. The molecule has 0 fully saturated rings. The lowest BCUT2D eigenvalue weighted by Gasteiger charge is -2.16. The van der Waals surface area contributed by atoms with Gasteiger partial charge in [-0.25, -0.2) is 13.1 Å². The molecular formula is C21H19F3N4O5S. The molecule has 9 nitrogen and oxygen atoms in total. The van der Waals surface area contributed by atoms with Gasteiger partial charge in [0.25, 0.3) is 15.9 Å². The standard InChI is InChI=1S/C21H19F3N4O5S/c1-12(2)15-8-14(32-3)9-16-19(15)20(29)27(34(16,30)31)11-33-18-10-17(21(22,23)24)26-28(18)13-4-6-25-7-5-13/h4-10,12H,11H2,1-3H3. The van der Waals surface area contributed by atoms with E-state index in [4.69, 9.17) is 9.47 Å². The van der Waals surface area contributed by atoms with Gasteiger partial charge in [-0.3, -0.25) is 9.78 Å². The van der Waals surface area contributed by atoms with Crippen molar-refractivity contribution in [3.05, 3.63) is 59.5 Å². The number of benzene rings is 1. The van der Waals surface area contributed by atoms with E-state index in [9.17, 15) is 26.4 Å². The Morgan fingerprint density at radius 2 is 1.79 bits per heavy atom. The number of aromatic nitrogens is 3. The fourth-order valence-electron chi connectivity index (χ4n) is 3.50. The molecule has 3 aromatic rings. The molecule has 0 radical (unpaired) electrons. The second-order valence-corrected chi connectivity index (χ2v) is 9.49. The summed E-state index contributed by atoms with van der Waals surface area (Å²) in [5, 5.41) is 3.52. The van der Waals surface area contributed by atoms with Crippen LogP contribution in [0.1, 0.15) is 41.4 Å². The van der Waals surface area contributed by atoms with Gasteiger partial charge < -0.3 is 9.47 Å². The van der Waals surface area contributed by atoms with E-state index in [0.29, 0.717) is 15.9 Å². The molecule has 1 aliphatic heterocycles. The van der Waals surface area contributed by atoms with Crippen molar-refractivity contribution in [3.8, 4) is 17.3 Å². The Hall–Kier alpha value is -3.61. The van der Waals surface area contributed by atoms with Crippen molar-refractivity contribution >= 4 is 15.9 Å². The molecule has 0 bridgehead atoms. The number of hydrogen-bond acceptors (Lipinski definition) is 7. The average molecular weight is 496 g/mol.